The zero-order chi connectivity index (χ0) is 9.71. The van der Waals surface area contributed by atoms with Crippen molar-refractivity contribution in [1.29, 1.82) is 0 Å². The fraction of sp³-hybridized carbons (Fsp3) is 0. The summed E-state index contributed by atoms with van der Waals surface area (Å²) in [5.74, 6) is 0. The third-order valence-corrected chi connectivity index (χ3v) is 4.59. The van der Waals surface area contributed by atoms with E-state index in [0.29, 0.717) is 0 Å². The van der Waals surface area contributed by atoms with Crippen molar-refractivity contribution in [3.8, 4) is 0 Å². The van der Waals surface area contributed by atoms with E-state index in [1.807, 2.05) is 18.2 Å². The number of nitrogens with two attached hydrogens (primary N) is 2. The molecule has 0 spiro atoms. The van der Waals surface area contributed by atoms with Crippen molar-refractivity contribution in [2.75, 3.05) is 11.5 Å². The molecule has 70 valence electrons. The summed E-state index contributed by atoms with van der Waals surface area (Å²) in [6, 6.07) is 6.03. The van der Waals surface area contributed by atoms with E-state index < -0.39 is 0 Å². The summed E-state index contributed by atoms with van der Waals surface area (Å²) in [7, 11) is 3.36. The van der Waals surface area contributed by atoms with Gasteiger partial charge in [-0.05, 0) is 0 Å². The normalized spacial score (nSPS) is 11.4. The van der Waals surface area contributed by atoms with Gasteiger partial charge in [-0.3, -0.25) is 0 Å². The molecule has 0 aliphatic carbocycles. The molecule has 0 fully saturated rings. The molecule has 0 radical (unpaired) electrons. The van der Waals surface area contributed by atoms with Crippen LogP contribution in [0, 0.1) is 0 Å². The van der Waals surface area contributed by atoms with Crippen LogP contribution in [0.4, 0.5) is 11.4 Å². The summed E-state index contributed by atoms with van der Waals surface area (Å²) >= 11 is 0. The Morgan fingerprint density at radius 2 is 1.64 bits per heavy atom. The highest BCUT2D eigenvalue weighted by molar-refractivity contribution is 7.71. The molecule has 0 amide bonds. The van der Waals surface area contributed by atoms with Crippen molar-refractivity contribution in [2.45, 2.75) is 0 Å². The van der Waals surface area contributed by atoms with Crippen LogP contribution in [-0.2, 0) is 0 Å². The lowest BCUT2D eigenvalue weighted by atomic mass is 10.1. The first-order chi connectivity index (χ1) is 6.79. The molecule has 3 rings (SSSR count). The number of fused-ring (bicyclic) bond motifs is 2. The number of benzene rings is 1. The van der Waals surface area contributed by atoms with Crippen LogP contribution in [0.5, 0.6) is 0 Å². The molecule has 0 unspecified atom stereocenters. The van der Waals surface area contributed by atoms with E-state index in [-0.39, 0.29) is 0 Å². The number of anilines is 2. The Kier molecular flexibility index (Phi) is 1.51. The Morgan fingerprint density at radius 3 is 2.43 bits per heavy atom. The molecule has 0 bridgehead atoms. The fourth-order valence-electron chi connectivity index (χ4n) is 1.75. The maximum Gasteiger partial charge on any atom is 0.0714 e. The molecule has 14 heavy (non-hydrogen) atoms. The van der Waals surface area contributed by atoms with Gasteiger partial charge in [0, 0.05) is 27.2 Å². The lowest BCUT2D eigenvalue weighted by Crippen LogP contribution is -1.91. The molecule has 0 aliphatic heterocycles. The molecular weight excluding hydrogens is 212 g/mol. The first kappa shape index (κ1) is 8.08. The van der Waals surface area contributed by atoms with Gasteiger partial charge in [-0.1, -0.05) is 38.9 Å². The largest absolute Gasteiger partial charge is 0.398 e. The highest BCUT2D eigenvalue weighted by Gasteiger charge is 2.10. The van der Waals surface area contributed by atoms with Gasteiger partial charge in [0.1, 0.15) is 0 Å². The van der Waals surface area contributed by atoms with Crippen LogP contribution in [0.25, 0.3) is 20.9 Å². The minimum absolute atomic E-state index is 0.853. The maximum absolute atomic E-state index is 6.07. The topological polar surface area (TPSA) is 52.0 Å². The van der Waals surface area contributed by atoms with E-state index >= 15 is 0 Å². The van der Waals surface area contributed by atoms with Gasteiger partial charge < -0.3 is 11.5 Å². The molecule has 4 N–H and O–H groups in total. The average molecular weight is 220 g/mol. The second-order valence-corrected chi connectivity index (χ2v) is 5.30. The van der Waals surface area contributed by atoms with Gasteiger partial charge in [0.15, 0.2) is 0 Å². The van der Waals surface area contributed by atoms with Crippen LogP contribution < -0.4 is 11.5 Å². The smallest absolute Gasteiger partial charge is 0.0714 e. The molecule has 0 aliphatic rings. The molecule has 4 heteroatoms. The molecule has 1 aromatic heterocycles. The minimum Gasteiger partial charge on any atom is -0.398 e. The fourth-order valence-corrected chi connectivity index (χ4v) is 4.03. The highest BCUT2D eigenvalue weighted by Crippen LogP contribution is 2.41. The van der Waals surface area contributed by atoms with Crippen LogP contribution in [-0.4, -0.2) is 0 Å². The van der Waals surface area contributed by atoms with E-state index in [1.54, 1.807) is 20.7 Å². The SMILES string of the molecule is Nc1c2cccc2c(N)c2sscc12. The predicted octanol–water partition coefficient (Wildman–Crippen LogP) is 3.28. The average Bonchev–Trinajstić information content (AvgIpc) is 2.82. The van der Waals surface area contributed by atoms with Crippen molar-refractivity contribution in [1.82, 2.24) is 0 Å². The van der Waals surface area contributed by atoms with Crippen LogP contribution in [0.15, 0.2) is 23.6 Å². The zero-order valence-electron chi connectivity index (χ0n) is 7.28. The molecule has 3 aromatic rings. The summed E-state index contributed by atoms with van der Waals surface area (Å²) in [6.07, 6.45) is 0. The zero-order valence-corrected chi connectivity index (χ0v) is 8.91. The van der Waals surface area contributed by atoms with Crippen molar-refractivity contribution < 1.29 is 0 Å². The van der Waals surface area contributed by atoms with Gasteiger partial charge in [-0.15, -0.1) is 0 Å². The summed E-state index contributed by atoms with van der Waals surface area (Å²) in [5.41, 5.74) is 13.9. The Labute approximate surface area is 88.1 Å². The summed E-state index contributed by atoms with van der Waals surface area (Å²) in [4.78, 5) is 0. The van der Waals surface area contributed by atoms with E-state index in [9.17, 15) is 0 Å². The lowest BCUT2D eigenvalue weighted by molar-refractivity contribution is 1.90. The monoisotopic (exact) mass is 220 g/mol. The third kappa shape index (κ3) is 0.844. The highest BCUT2D eigenvalue weighted by atomic mass is 32.9. The first-order valence-electron chi connectivity index (χ1n) is 4.22. The molecule has 0 saturated carbocycles. The van der Waals surface area contributed by atoms with Crippen LogP contribution in [0.3, 0.4) is 0 Å². The molecule has 0 atom stereocenters. The molecule has 1 heterocycles. The van der Waals surface area contributed by atoms with E-state index in [1.165, 1.54) is 0 Å². The van der Waals surface area contributed by atoms with Gasteiger partial charge in [0.05, 0.1) is 10.4 Å². The number of hydrogen-bond acceptors (Lipinski definition) is 4. The van der Waals surface area contributed by atoms with E-state index in [4.69, 9.17) is 11.5 Å². The predicted molar refractivity (Wildman–Crippen MR) is 66.0 cm³/mol. The Hall–Kier alpha value is -1.26. The van der Waals surface area contributed by atoms with Gasteiger partial charge in [0.2, 0.25) is 0 Å². The van der Waals surface area contributed by atoms with Crippen molar-refractivity contribution in [2.24, 2.45) is 0 Å². The van der Waals surface area contributed by atoms with Crippen molar-refractivity contribution in [3.63, 3.8) is 0 Å². The first-order valence-corrected chi connectivity index (χ1v) is 6.43. The number of nitrogen functional groups attached to an aromatic ring is 2. The van der Waals surface area contributed by atoms with Crippen molar-refractivity contribution >= 4 is 52.9 Å². The summed E-state index contributed by atoms with van der Waals surface area (Å²) in [5, 5.41) is 5.31. The van der Waals surface area contributed by atoms with Crippen LogP contribution >= 0.6 is 20.7 Å². The van der Waals surface area contributed by atoms with Gasteiger partial charge in [-0.25, -0.2) is 0 Å². The van der Waals surface area contributed by atoms with Gasteiger partial charge >= 0.3 is 0 Å². The Morgan fingerprint density at radius 1 is 0.929 bits per heavy atom. The molecule has 2 nitrogen and oxygen atoms in total. The molecular formula is C10H8N2S2. The lowest BCUT2D eigenvalue weighted by Gasteiger charge is -2.03. The number of rotatable bonds is 0. The summed E-state index contributed by atoms with van der Waals surface area (Å²) < 4.78 is 1.12. The minimum atomic E-state index is 0.853. The Balaban J connectivity index is 2.72. The van der Waals surface area contributed by atoms with Gasteiger partial charge in [0.25, 0.3) is 0 Å². The van der Waals surface area contributed by atoms with Crippen molar-refractivity contribution in [3.05, 3.63) is 23.6 Å². The quantitative estimate of drug-likeness (QED) is 0.347. The van der Waals surface area contributed by atoms with E-state index in [2.05, 4.69) is 5.38 Å². The molecule has 2 aromatic carbocycles. The Bertz CT molecular complexity index is 519. The maximum atomic E-state index is 6.07. The number of hydrogen-bond donors (Lipinski definition) is 2. The standard InChI is InChI=1S/C10H8N2S2/c11-8-5-2-1-3-6(5)9(12)10-7(8)4-13-14-10/h1-4H,11-12H2. The van der Waals surface area contributed by atoms with Gasteiger partial charge in [-0.2, -0.15) is 0 Å². The molecule has 0 saturated heterocycles. The second-order valence-electron chi connectivity index (χ2n) is 3.22. The third-order valence-electron chi connectivity index (χ3n) is 2.47. The van der Waals surface area contributed by atoms with E-state index in [0.717, 1.165) is 32.2 Å². The van der Waals surface area contributed by atoms with Crippen LogP contribution in [0.1, 0.15) is 0 Å². The second kappa shape index (κ2) is 2.62. The van der Waals surface area contributed by atoms with Crippen LogP contribution in [0.2, 0.25) is 0 Å². The summed E-state index contributed by atoms with van der Waals surface area (Å²) in [6.45, 7) is 0.